The number of nitro groups is 1. The van der Waals surface area contributed by atoms with Crippen LogP contribution in [0.1, 0.15) is 19.3 Å². The second-order valence-corrected chi connectivity index (χ2v) is 7.35. The fraction of sp³-hybridized carbons (Fsp3) is 0.500. The Morgan fingerprint density at radius 3 is 1.97 bits per heavy atom. The molecule has 0 bridgehead atoms. The number of ether oxygens (including phenoxy) is 1. The summed E-state index contributed by atoms with van der Waals surface area (Å²) in [6.07, 6.45) is 4.70. The molecule has 2 aromatic rings. The molecule has 0 atom stereocenters. The lowest BCUT2D eigenvalue weighted by molar-refractivity contribution is -0.383. The number of rotatable bonds is 5. The molecule has 3 heterocycles. The van der Waals surface area contributed by atoms with Crippen LogP contribution in [0.2, 0.25) is 0 Å². The van der Waals surface area contributed by atoms with Gasteiger partial charge in [0.25, 0.3) is 0 Å². The first-order chi connectivity index (χ1) is 14.2. The topological polar surface area (TPSA) is 87.9 Å². The number of piperidine rings is 1. The van der Waals surface area contributed by atoms with Crippen molar-refractivity contribution in [2.45, 2.75) is 19.3 Å². The van der Waals surface area contributed by atoms with Crippen molar-refractivity contribution in [1.29, 1.82) is 0 Å². The summed E-state index contributed by atoms with van der Waals surface area (Å²) in [5.41, 5.74) is 1.16. The first-order valence-electron chi connectivity index (χ1n) is 10.1. The molecular formula is C20H26N6O3. The average Bonchev–Trinajstić information content (AvgIpc) is 2.79. The van der Waals surface area contributed by atoms with E-state index >= 15 is 0 Å². The van der Waals surface area contributed by atoms with Crippen LogP contribution < -0.4 is 19.4 Å². The second kappa shape index (κ2) is 8.50. The maximum absolute atomic E-state index is 11.9. The Labute approximate surface area is 170 Å². The van der Waals surface area contributed by atoms with Gasteiger partial charge in [-0.25, -0.2) is 9.97 Å². The van der Waals surface area contributed by atoms with Gasteiger partial charge < -0.3 is 19.4 Å². The number of nitrogens with zero attached hydrogens (tertiary/aromatic N) is 6. The third kappa shape index (κ3) is 4.03. The molecule has 0 amide bonds. The monoisotopic (exact) mass is 398 g/mol. The largest absolute Gasteiger partial charge is 0.497 e. The smallest absolute Gasteiger partial charge is 0.353 e. The van der Waals surface area contributed by atoms with E-state index in [1.165, 1.54) is 6.33 Å². The van der Waals surface area contributed by atoms with E-state index in [0.29, 0.717) is 24.7 Å². The number of benzene rings is 1. The molecule has 2 fully saturated rings. The molecule has 0 saturated carbocycles. The number of methoxy groups -OCH3 is 1. The fourth-order valence-electron chi connectivity index (χ4n) is 4.06. The molecule has 1 aromatic carbocycles. The third-order valence-electron chi connectivity index (χ3n) is 5.64. The van der Waals surface area contributed by atoms with Gasteiger partial charge in [-0.1, -0.05) is 0 Å². The summed E-state index contributed by atoms with van der Waals surface area (Å²) in [4.78, 5) is 26.5. The first kappa shape index (κ1) is 19.2. The molecule has 9 nitrogen and oxygen atoms in total. The van der Waals surface area contributed by atoms with Crippen LogP contribution in [0.3, 0.4) is 0 Å². The summed E-state index contributed by atoms with van der Waals surface area (Å²) in [7, 11) is 1.65. The standard InChI is InChI=1S/C20H26N6O3/c1-29-17-7-5-16(6-8-17)23-11-13-25(14-12-23)20-18(26(27)28)19(21-15-22-20)24-9-3-2-4-10-24/h5-8,15H,2-4,9-14H2,1H3. The summed E-state index contributed by atoms with van der Waals surface area (Å²) >= 11 is 0. The number of aromatic nitrogens is 2. The predicted molar refractivity (Wildman–Crippen MR) is 112 cm³/mol. The van der Waals surface area contributed by atoms with Crippen LogP contribution >= 0.6 is 0 Å². The van der Waals surface area contributed by atoms with E-state index in [9.17, 15) is 10.1 Å². The molecule has 0 spiro atoms. The summed E-state index contributed by atoms with van der Waals surface area (Å²) in [6, 6.07) is 7.97. The molecule has 0 N–H and O–H groups in total. The third-order valence-corrected chi connectivity index (χ3v) is 5.64. The van der Waals surface area contributed by atoms with Crippen LogP contribution in [0.5, 0.6) is 5.75 Å². The highest BCUT2D eigenvalue weighted by Gasteiger charge is 2.32. The summed E-state index contributed by atoms with van der Waals surface area (Å²) in [5.74, 6) is 1.71. The van der Waals surface area contributed by atoms with E-state index in [1.807, 2.05) is 34.1 Å². The van der Waals surface area contributed by atoms with Gasteiger partial charge in [0.1, 0.15) is 12.1 Å². The van der Waals surface area contributed by atoms with E-state index in [0.717, 1.165) is 56.9 Å². The van der Waals surface area contributed by atoms with Gasteiger partial charge in [-0.15, -0.1) is 0 Å². The van der Waals surface area contributed by atoms with Crippen molar-refractivity contribution in [2.24, 2.45) is 0 Å². The van der Waals surface area contributed by atoms with Crippen LogP contribution in [0, 0.1) is 10.1 Å². The van der Waals surface area contributed by atoms with Crippen molar-refractivity contribution >= 4 is 23.0 Å². The van der Waals surface area contributed by atoms with Crippen LogP contribution in [-0.4, -0.2) is 61.3 Å². The minimum absolute atomic E-state index is 0.0345. The van der Waals surface area contributed by atoms with E-state index < -0.39 is 0 Å². The van der Waals surface area contributed by atoms with Crippen molar-refractivity contribution in [3.8, 4) is 5.75 Å². The molecule has 2 aliphatic rings. The molecule has 0 unspecified atom stereocenters. The van der Waals surface area contributed by atoms with Gasteiger partial charge in [0.2, 0.25) is 11.6 Å². The summed E-state index contributed by atoms with van der Waals surface area (Å²) < 4.78 is 5.22. The van der Waals surface area contributed by atoms with Crippen LogP contribution in [0.15, 0.2) is 30.6 Å². The Bertz CT molecular complexity index is 846. The Balaban J connectivity index is 1.52. The molecule has 0 aliphatic carbocycles. The highest BCUT2D eigenvalue weighted by atomic mass is 16.6. The Hall–Kier alpha value is -3.10. The molecule has 2 saturated heterocycles. The zero-order valence-electron chi connectivity index (χ0n) is 16.7. The van der Waals surface area contributed by atoms with Crippen LogP contribution in [0.4, 0.5) is 23.0 Å². The molecule has 1 aromatic heterocycles. The van der Waals surface area contributed by atoms with Crippen molar-refractivity contribution < 1.29 is 9.66 Å². The lowest BCUT2D eigenvalue weighted by atomic mass is 10.1. The van der Waals surface area contributed by atoms with Gasteiger partial charge in [-0.2, -0.15) is 0 Å². The molecule has 29 heavy (non-hydrogen) atoms. The Morgan fingerprint density at radius 2 is 1.41 bits per heavy atom. The Kier molecular flexibility index (Phi) is 5.64. The molecule has 4 rings (SSSR count). The minimum Gasteiger partial charge on any atom is -0.497 e. The maximum atomic E-state index is 11.9. The first-order valence-corrected chi connectivity index (χ1v) is 10.1. The van der Waals surface area contributed by atoms with Crippen LogP contribution in [0.25, 0.3) is 0 Å². The van der Waals surface area contributed by atoms with Crippen LogP contribution in [-0.2, 0) is 0 Å². The lowest BCUT2D eigenvalue weighted by Gasteiger charge is -2.37. The van der Waals surface area contributed by atoms with Gasteiger partial charge in [0.05, 0.1) is 12.0 Å². The van der Waals surface area contributed by atoms with E-state index in [-0.39, 0.29) is 10.6 Å². The molecule has 9 heteroatoms. The van der Waals surface area contributed by atoms with E-state index in [4.69, 9.17) is 4.74 Å². The van der Waals surface area contributed by atoms with Gasteiger partial charge >= 0.3 is 5.69 Å². The average molecular weight is 398 g/mol. The maximum Gasteiger partial charge on any atom is 0.353 e. The highest BCUT2D eigenvalue weighted by molar-refractivity contribution is 5.71. The van der Waals surface area contributed by atoms with E-state index in [2.05, 4.69) is 14.9 Å². The zero-order chi connectivity index (χ0) is 20.2. The molecule has 0 radical (unpaired) electrons. The second-order valence-electron chi connectivity index (χ2n) is 7.35. The number of hydrogen-bond acceptors (Lipinski definition) is 8. The molecule has 2 aliphatic heterocycles. The van der Waals surface area contributed by atoms with Crippen molar-refractivity contribution in [1.82, 2.24) is 9.97 Å². The Morgan fingerprint density at radius 1 is 0.862 bits per heavy atom. The highest BCUT2D eigenvalue weighted by Crippen LogP contribution is 2.36. The van der Waals surface area contributed by atoms with Gasteiger partial charge in [-0.3, -0.25) is 10.1 Å². The van der Waals surface area contributed by atoms with Gasteiger partial charge in [0, 0.05) is 45.0 Å². The SMILES string of the molecule is COc1ccc(N2CCN(c3ncnc(N4CCCCC4)c3[N+](=O)[O-])CC2)cc1. The van der Waals surface area contributed by atoms with Crippen molar-refractivity contribution in [3.63, 3.8) is 0 Å². The minimum atomic E-state index is -0.324. The van der Waals surface area contributed by atoms with E-state index in [1.54, 1.807) is 7.11 Å². The van der Waals surface area contributed by atoms with Gasteiger partial charge in [0.15, 0.2) is 0 Å². The fourth-order valence-corrected chi connectivity index (χ4v) is 4.06. The summed E-state index contributed by atoms with van der Waals surface area (Å²) in [6.45, 7) is 4.50. The summed E-state index contributed by atoms with van der Waals surface area (Å²) in [5, 5.41) is 11.9. The number of hydrogen-bond donors (Lipinski definition) is 0. The zero-order valence-corrected chi connectivity index (χ0v) is 16.7. The molecule has 154 valence electrons. The van der Waals surface area contributed by atoms with Gasteiger partial charge in [-0.05, 0) is 43.5 Å². The lowest BCUT2D eigenvalue weighted by Crippen LogP contribution is -2.47. The number of piperazine rings is 1. The molecular weight excluding hydrogens is 372 g/mol. The quantitative estimate of drug-likeness (QED) is 0.561. The normalized spacial score (nSPS) is 17.3. The predicted octanol–water partition coefficient (Wildman–Crippen LogP) is 2.71. The number of anilines is 3. The van der Waals surface area contributed by atoms with Crippen molar-refractivity contribution in [2.75, 3.05) is 61.1 Å². The van der Waals surface area contributed by atoms with Crippen molar-refractivity contribution in [3.05, 3.63) is 40.7 Å².